The molecule has 1 aliphatic heterocycles. The predicted octanol–water partition coefficient (Wildman–Crippen LogP) is 7.35. The first-order chi connectivity index (χ1) is 16.0. The van der Waals surface area contributed by atoms with Crippen molar-refractivity contribution in [2.45, 2.75) is 155 Å². The fourth-order valence-electron chi connectivity index (χ4n) is 4.31. The van der Waals surface area contributed by atoms with Gasteiger partial charge in [-0.2, -0.15) is 0 Å². The third kappa shape index (κ3) is 22.2. The molecule has 1 heterocycles. The van der Waals surface area contributed by atoms with E-state index in [0.29, 0.717) is 12.8 Å². The average Bonchev–Trinajstić information content (AvgIpc) is 3.12. The van der Waals surface area contributed by atoms with E-state index in [1.807, 2.05) is 6.92 Å². The average molecular weight is 467 g/mol. The van der Waals surface area contributed by atoms with Gasteiger partial charge in [-0.25, -0.2) is 0 Å². The molecule has 1 aliphatic rings. The first-order valence-electron chi connectivity index (χ1n) is 14.1. The number of primary amides is 1. The molecule has 0 aromatic carbocycles. The van der Waals surface area contributed by atoms with Crippen molar-refractivity contribution in [2.24, 2.45) is 11.7 Å². The molecule has 0 radical (unpaired) electrons. The Balaban J connectivity index is 0.000000938. The quantitative estimate of drug-likeness (QED) is 0.137. The maximum atomic E-state index is 10.7. The lowest BCUT2D eigenvalue weighted by molar-refractivity contribution is -0.126. The number of imide groups is 1. The summed E-state index contributed by atoms with van der Waals surface area (Å²) in [5, 5.41) is 2.24. The van der Waals surface area contributed by atoms with Gasteiger partial charge in [-0.15, -0.1) is 0 Å². The van der Waals surface area contributed by atoms with Crippen LogP contribution in [0.5, 0.6) is 0 Å². The molecule has 0 saturated carbocycles. The number of hydrogen-bond donors (Lipinski definition) is 2. The Bertz CT molecular complexity index is 494. The molecule has 1 rings (SSSR count). The van der Waals surface area contributed by atoms with Crippen LogP contribution in [0.1, 0.15) is 155 Å². The number of nitrogens with one attached hydrogen (secondary N) is 1. The highest BCUT2D eigenvalue weighted by molar-refractivity contribution is 6.03. The van der Waals surface area contributed by atoms with E-state index in [1.165, 1.54) is 116 Å². The molecule has 33 heavy (non-hydrogen) atoms. The fraction of sp³-hybridized carbons (Fsp3) is 0.893. The molecule has 0 aromatic heterocycles. The summed E-state index contributed by atoms with van der Waals surface area (Å²) in [6.07, 6.45) is 27.9. The highest BCUT2D eigenvalue weighted by Crippen LogP contribution is 2.15. The van der Waals surface area contributed by atoms with E-state index in [2.05, 4.69) is 12.2 Å². The number of nitrogens with two attached hydrogens (primary N) is 1. The molecular weight excluding hydrogens is 412 g/mol. The van der Waals surface area contributed by atoms with Crippen molar-refractivity contribution >= 4 is 17.7 Å². The fourth-order valence-corrected chi connectivity index (χ4v) is 4.31. The number of carbonyl (C=O) groups excluding carboxylic acids is 3. The van der Waals surface area contributed by atoms with Gasteiger partial charge in [0.25, 0.3) is 0 Å². The summed E-state index contributed by atoms with van der Waals surface area (Å²) in [6.45, 7) is 4.19. The van der Waals surface area contributed by atoms with Crippen LogP contribution in [0.2, 0.25) is 0 Å². The second-order valence-electron chi connectivity index (χ2n) is 9.80. The summed E-state index contributed by atoms with van der Waals surface area (Å²) in [5.74, 6) is -0.450. The molecule has 1 fully saturated rings. The molecule has 0 spiro atoms. The third-order valence-electron chi connectivity index (χ3n) is 6.58. The minimum atomic E-state index is -0.151. The molecule has 0 bridgehead atoms. The van der Waals surface area contributed by atoms with Gasteiger partial charge in [0.05, 0.1) is 0 Å². The van der Waals surface area contributed by atoms with Crippen LogP contribution >= 0.6 is 0 Å². The lowest BCUT2D eigenvalue weighted by Gasteiger charge is -2.03. The summed E-state index contributed by atoms with van der Waals surface area (Å²) in [4.78, 5) is 31.8. The minimum absolute atomic E-state index is 0.0579. The smallest absolute Gasteiger partial charge is 0.230 e. The maximum absolute atomic E-state index is 10.7. The number of amides is 3. The highest BCUT2D eigenvalue weighted by atomic mass is 16.2. The normalized spacial score (nSPS) is 15.3. The predicted molar refractivity (Wildman–Crippen MR) is 139 cm³/mol. The Morgan fingerprint density at radius 1 is 0.697 bits per heavy atom. The molecule has 5 nitrogen and oxygen atoms in total. The van der Waals surface area contributed by atoms with E-state index >= 15 is 0 Å². The minimum Gasteiger partial charge on any atom is -0.370 e. The van der Waals surface area contributed by atoms with Gasteiger partial charge in [0.2, 0.25) is 17.7 Å². The molecule has 1 unspecified atom stereocenters. The van der Waals surface area contributed by atoms with E-state index in [9.17, 15) is 14.4 Å². The van der Waals surface area contributed by atoms with E-state index < -0.39 is 0 Å². The topological polar surface area (TPSA) is 89.3 Å². The Morgan fingerprint density at radius 2 is 1.06 bits per heavy atom. The monoisotopic (exact) mass is 466 g/mol. The largest absolute Gasteiger partial charge is 0.370 e. The zero-order chi connectivity index (χ0) is 24.6. The highest BCUT2D eigenvalue weighted by Gasteiger charge is 2.28. The van der Waals surface area contributed by atoms with E-state index in [-0.39, 0.29) is 23.6 Å². The van der Waals surface area contributed by atoms with Crippen LogP contribution in [0.25, 0.3) is 0 Å². The number of carbonyl (C=O) groups is 3. The molecule has 3 N–H and O–H groups in total. The zero-order valence-corrected chi connectivity index (χ0v) is 21.9. The lowest BCUT2D eigenvalue weighted by atomic mass is 10.0. The summed E-state index contributed by atoms with van der Waals surface area (Å²) < 4.78 is 0. The first kappa shape index (κ1) is 31.6. The van der Waals surface area contributed by atoms with E-state index in [0.717, 1.165) is 12.8 Å². The van der Waals surface area contributed by atoms with Gasteiger partial charge >= 0.3 is 0 Å². The van der Waals surface area contributed by atoms with Gasteiger partial charge in [-0.1, -0.05) is 129 Å². The van der Waals surface area contributed by atoms with Crippen LogP contribution < -0.4 is 11.1 Å². The standard InChI is InChI=1S/C22H45NO.C6H9NO2/c1-2-3-4-5-6-7-8-9-10-11-12-13-14-15-16-17-18-19-20-21-22(23)24;1-2-4-3-5(8)7-6(4)9/h2-21H2,1H3,(H2,23,24);4H,2-3H2,1H3,(H,7,8,9). The van der Waals surface area contributed by atoms with E-state index in [1.54, 1.807) is 0 Å². The van der Waals surface area contributed by atoms with Crippen molar-refractivity contribution in [3.05, 3.63) is 0 Å². The third-order valence-corrected chi connectivity index (χ3v) is 6.58. The summed E-state index contributed by atoms with van der Waals surface area (Å²) in [6, 6.07) is 0. The maximum Gasteiger partial charge on any atom is 0.230 e. The Labute approximate surface area is 204 Å². The SMILES string of the molecule is CCC1CC(=O)NC1=O.CCCCCCCCCCCCCCCCCCCCCC(N)=O. The molecule has 194 valence electrons. The van der Waals surface area contributed by atoms with Crippen LogP contribution in [-0.4, -0.2) is 17.7 Å². The van der Waals surface area contributed by atoms with Crippen LogP contribution in [0.15, 0.2) is 0 Å². The molecule has 1 saturated heterocycles. The Morgan fingerprint density at radius 3 is 1.30 bits per heavy atom. The molecule has 5 heteroatoms. The summed E-state index contributed by atoms with van der Waals surface area (Å²) in [7, 11) is 0. The molecule has 1 atom stereocenters. The van der Waals surface area contributed by atoms with E-state index in [4.69, 9.17) is 5.73 Å². The van der Waals surface area contributed by atoms with Crippen LogP contribution in [0.3, 0.4) is 0 Å². The lowest BCUT2D eigenvalue weighted by Crippen LogP contribution is -2.21. The van der Waals surface area contributed by atoms with Crippen LogP contribution in [0.4, 0.5) is 0 Å². The number of rotatable bonds is 21. The summed E-state index contributed by atoms with van der Waals surface area (Å²) in [5.41, 5.74) is 5.13. The second-order valence-corrected chi connectivity index (χ2v) is 9.80. The van der Waals surface area contributed by atoms with Crippen molar-refractivity contribution in [3.63, 3.8) is 0 Å². The molecular formula is C28H54N2O3. The number of hydrogen-bond acceptors (Lipinski definition) is 3. The van der Waals surface area contributed by atoms with Gasteiger partial charge in [-0.05, 0) is 12.8 Å². The van der Waals surface area contributed by atoms with Crippen molar-refractivity contribution in [1.82, 2.24) is 5.32 Å². The molecule has 3 amide bonds. The van der Waals surface area contributed by atoms with Crippen molar-refractivity contribution < 1.29 is 14.4 Å². The first-order valence-corrected chi connectivity index (χ1v) is 14.1. The van der Waals surface area contributed by atoms with Gasteiger partial charge in [0, 0.05) is 18.8 Å². The molecule has 0 aliphatic carbocycles. The van der Waals surface area contributed by atoms with Crippen LogP contribution in [-0.2, 0) is 14.4 Å². The van der Waals surface area contributed by atoms with Crippen molar-refractivity contribution in [1.29, 1.82) is 0 Å². The Hall–Kier alpha value is -1.39. The van der Waals surface area contributed by atoms with Gasteiger partial charge in [-0.3, -0.25) is 19.7 Å². The van der Waals surface area contributed by atoms with Gasteiger partial charge < -0.3 is 5.73 Å². The zero-order valence-electron chi connectivity index (χ0n) is 21.9. The van der Waals surface area contributed by atoms with Crippen molar-refractivity contribution in [3.8, 4) is 0 Å². The van der Waals surface area contributed by atoms with Crippen molar-refractivity contribution in [2.75, 3.05) is 0 Å². The number of unbranched alkanes of at least 4 members (excludes halogenated alkanes) is 18. The Kier molecular flexibility index (Phi) is 22.8. The van der Waals surface area contributed by atoms with Gasteiger partial charge in [0.15, 0.2) is 0 Å². The van der Waals surface area contributed by atoms with Crippen LogP contribution in [0, 0.1) is 5.92 Å². The molecule has 0 aromatic rings. The summed E-state index contributed by atoms with van der Waals surface area (Å²) >= 11 is 0. The second kappa shape index (κ2) is 23.8. The van der Waals surface area contributed by atoms with Gasteiger partial charge in [0.1, 0.15) is 0 Å².